The molecule has 11 heteroatoms. The number of hydrogen-bond donors (Lipinski definition) is 1. The van der Waals surface area contributed by atoms with E-state index in [1.165, 1.54) is 40.5 Å². The van der Waals surface area contributed by atoms with Gasteiger partial charge in [-0.3, -0.25) is 29.4 Å². The van der Waals surface area contributed by atoms with Gasteiger partial charge in [-0.25, -0.2) is 0 Å². The van der Waals surface area contributed by atoms with Crippen molar-refractivity contribution >= 4 is 46.3 Å². The molecule has 0 spiro atoms. The quantitative estimate of drug-likeness (QED) is 0.304. The third-order valence-corrected chi connectivity index (χ3v) is 11.1. The first kappa shape index (κ1) is 22.7. The normalized spacial score (nSPS) is 31.3. The Kier molecular flexibility index (Phi) is 4.93. The van der Waals surface area contributed by atoms with Gasteiger partial charge in [0.15, 0.2) is 0 Å². The number of non-ortho nitro benzene ring substituents is 1. The average molecular weight is 536 g/mol. The Balaban J connectivity index is 1.31. The fourth-order valence-corrected chi connectivity index (χ4v) is 10.1. The van der Waals surface area contributed by atoms with Crippen molar-refractivity contribution in [1.82, 2.24) is 4.98 Å². The number of rotatable bonds is 4. The van der Waals surface area contributed by atoms with Gasteiger partial charge in [0, 0.05) is 33.7 Å². The van der Waals surface area contributed by atoms with Crippen LogP contribution in [0.5, 0.6) is 5.75 Å². The smallest absolute Gasteiger partial charge is 0.305 e. The minimum Gasteiger partial charge on any atom is -0.496 e. The Hall–Kier alpha value is -3.44. The van der Waals surface area contributed by atoms with E-state index in [1.807, 2.05) is 24.3 Å². The van der Waals surface area contributed by atoms with E-state index in [1.54, 1.807) is 18.9 Å². The first-order valence-corrected chi connectivity index (χ1v) is 13.7. The van der Waals surface area contributed by atoms with Gasteiger partial charge in [0.2, 0.25) is 11.8 Å². The van der Waals surface area contributed by atoms with E-state index in [2.05, 4.69) is 4.98 Å². The van der Waals surface area contributed by atoms with E-state index in [0.29, 0.717) is 5.69 Å². The van der Waals surface area contributed by atoms with Crippen molar-refractivity contribution < 1.29 is 19.2 Å². The van der Waals surface area contributed by atoms with E-state index in [-0.39, 0.29) is 51.3 Å². The fourth-order valence-electron chi connectivity index (χ4n) is 7.27. The maximum atomic E-state index is 13.8. The lowest BCUT2D eigenvalue weighted by Gasteiger charge is -2.43. The van der Waals surface area contributed by atoms with Crippen molar-refractivity contribution in [1.29, 1.82) is 0 Å². The highest BCUT2D eigenvalue weighted by Gasteiger charge is 2.69. The lowest BCUT2D eigenvalue weighted by molar-refractivity contribution is -0.384. The maximum absolute atomic E-state index is 13.8. The zero-order chi connectivity index (χ0) is 25.6. The van der Waals surface area contributed by atoms with Crippen LogP contribution in [0.25, 0.3) is 0 Å². The number of nitrogens with one attached hydrogen (secondary N) is 1. The van der Waals surface area contributed by atoms with E-state index in [0.717, 1.165) is 27.6 Å². The predicted octanol–water partition coefficient (Wildman–Crippen LogP) is 4.03. The summed E-state index contributed by atoms with van der Waals surface area (Å²) in [4.78, 5) is 55.5. The molecule has 2 aliphatic carbocycles. The average Bonchev–Trinajstić information content (AvgIpc) is 3.63. The number of methoxy groups -OCH3 is 1. The topological polar surface area (TPSA) is 123 Å². The van der Waals surface area contributed by atoms with E-state index >= 15 is 0 Å². The number of amides is 2. The van der Waals surface area contributed by atoms with Crippen molar-refractivity contribution in [3.8, 4) is 5.75 Å². The van der Waals surface area contributed by atoms with Crippen LogP contribution in [0.3, 0.4) is 0 Å². The summed E-state index contributed by atoms with van der Waals surface area (Å²) in [5, 5.41) is 12.0. The lowest BCUT2D eigenvalue weighted by atomic mass is 9.68. The van der Waals surface area contributed by atoms with Gasteiger partial charge in [-0.2, -0.15) is 0 Å². The van der Waals surface area contributed by atoms with Crippen LogP contribution >= 0.6 is 23.1 Å². The molecule has 188 valence electrons. The molecule has 4 aliphatic rings. The Labute approximate surface area is 219 Å². The summed E-state index contributed by atoms with van der Waals surface area (Å²) in [7, 11) is 1.63. The Morgan fingerprint density at radius 2 is 1.73 bits per heavy atom. The van der Waals surface area contributed by atoms with Crippen LogP contribution < -0.4 is 14.5 Å². The molecule has 1 N–H and O–H groups in total. The summed E-state index contributed by atoms with van der Waals surface area (Å²) in [6, 6.07) is 13.4. The molecule has 0 unspecified atom stereocenters. The summed E-state index contributed by atoms with van der Waals surface area (Å²) >= 11 is 2.85. The molecule has 2 aromatic carbocycles. The second-order valence-electron chi connectivity index (χ2n) is 9.99. The number of benzene rings is 2. The highest BCUT2D eigenvalue weighted by atomic mass is 32.2. The summed E-state index contributed by atoms with van der Waals surface area (Å²) in [5.74, 6) is -0.652. The number of aromatic nitrogens is 1. The molecule has 2 amide bonds. The molecule has 2 aliphatic heterocycles. The summed E-state index contributed by atoms with van der Waals surface area (Å²) in [5.41, 5.74) is 1.27. The van der Waals surface area contributed by atoms with Gasteiger partial charge in [-0.15, -0.1) is 11.8 Å². The molecular weight excluding hydrogens is 514 g/mol. The molecule has 1 aromatic heterocycles. The number of nitrogens with zero attached hydrogens (tertiary/aromatic N) is 2. The predicted molar refractivity (Wildman–Crippen MR) is 137 cm³/mol. The molecule has 7 rings (SSSR count). The van der Waals surface area contributed by atoms with Crippen LogP contribution in [0.15, 0.2) is 58.4 Å². The first-order valence-electron chi connectivity index (χ1n) is 12.0. The maximum Gasteiger partial charge on any atom is 0.305 e. The molecule has 0 radical (unpaired) electrons. The van der Waals surface area contributed by atoms with E-state index in [4.69, 9.17) is 4.74 Å². The van der Waals surface area contributed by atoms with Gasteiger partial charge < -0.3 is 9.72 Å². The van der Waals surface area contributed by atoms with E-state index < -0.39 is 16.8 Å². The first-order chi connectivity index (χ1) is 17.9. The molecule has 2 saturated carbocycles. The Bertz CT molecular complexity index is 1530. The number of carbonyl (C=O) groups is 2. The molecular formula is C26H21N3O6S2. The number of H-pyrrole nitrogens is 1. The summed E-state index contributed by atoms with van der Waals surface area (Å²) in [6.45, 7) is 0. The molecule has 37 heavy (non-hydrogen) atoms. The van der Waals surface area contributed by atoms with Gasteiger partial charge in [0.25, 0.3) is 5.69 Å². The minimum atomic E-state index is -0.505. The monoisotopic (exact) mass is 535 g/mol. The minimum absolute atomic E-state index is 0.00161. The largest absolute Gasteiger partial charge is 0.496 e. The third kappa shape index (κ3) is 3.07. The highest BCUT2D eigenvalue weighted by Crippen LogP contribution is 2.69. The zero-order valence-corrected chi connectivity index (χ0v) is 21.2. The molecule has 1 saturated heterocycles. The van der Waals surface area contributed by atoms with Crippen LogP contribution in [0.1, 0.15) is 22.8 Å². The standard InChI is InChI=1S/C26H21N3O6S2/c1-35-16-5-3-2-4-13(16)17-18-14-10-15(21(18)36-23-22(17)37-26(32)27-23)20-19(14)24(30)28(25(20)31)11-6-8-12(9-7-11)29(33)34/h2-9,14-15,17-21H,10H2,1H3,(H,27,32)/t14-,15+,17-,18+,19-,20+,21-/m1/s1. The van der Waals surface area contributed by atoms with Crippen molar-refractivity contribution in [2.75, 3.05) is 12.0 Å². The SMILES string of the molecule is COc1ccccc1[C@H]1c2sc(=O)[nH]c2S[C@@H]2[C@H]3C[C@@H]([C@H]4C(=O)N(c5ccc([N+](=O)[O-])cc5)C(=O)[C@@H]34)[C@@H]12. The summed E-state index contributed by atoms with van der Waals surface area (Å²) in [6.07, 6.45) is 0.786. The number of nitro groups is 1. The number of para-hydroxylation sites is 1. The van der Waals surface area contributed by atoms with Gasteiger partial charge in [0.05, 0.1) is 34.6 Å². The number of carbonyl (C=O) groups excluding carboxylic acids is 2. The van der Waals surface area contributed by atoms with Gasteiger partial charge >= 0.3 is 4.87 Å². The van der Waals surface area contributed by atoms with Crippen molar-refractivity contribution in [3.05, 3.63) is 78.8 Å². The highest BCUT2D eigenvalue weighted by molar-refractivity contribution is 8.00. The number of thioether (sulfide) groups is 1. The molecule has 3 aromatic rings. The van der Waals surface area contributed by atoms with Gasteiger partial charge in [0.1, 0.15) is 5.75 Å². The third-order valence-electron chi connectivity index (χ3n) is 8.52. The number of fused-ring (bicyclic) bond motifs is 9. The van der Waals surface area contributed by atoms with Crippen LogP contribution in [-0.2, 0) is 9.59 Å². The number of ether oxygens (including phenoxy) is 1. The van der Waals surface area contributed by atoms with Crippen molar-refractivity contribution in [2.45, 2.75) is 22.6 Å². The lowest BCUT2D eigenvalue weighted by Crippen LogP contribution is -2.42. The van der Waals surface area contributed by atoms with Crippen molar-refractivity contribution in [3.63, 3.8) is 0 Å². The zero-order valence-electron chi connectivity index (χ0n) is 19.5. The van der Waals surface area contributed by atoms with Crippen LogP contribution in [-0.4, -0.2) is 34.1 Å². The number of nitro benzene ring substituents is 1. The number of hydrogen-bond acceptors (Lipinski definition) is 8. The van der Waals surface area contributed by atoms with E-state index in [9.17, 15) is 24.5 Å². The number of anilines is 1. The van der Waals surface area contributed by atoms with Gasteiger partial charge in [-0.05, 0) is 42.4 Å². The number of imide groups is 1. The Morgan fingerprint density at radius 1 is 1.03 bits per heavy atom. The number of thiazole rings is 1. The number of aromatic amines is 1. The fraction of sp³-hybridized carbons (Fsp3) is 0.346. The van der Waals surface area contributed by atoms with Crippen molar-refractivity contribution in [2.24, 2.45) is 29.6 Å². The molecule has 3 fully saturated rings. The van der Waals surface area contributed by atoms with Crippen LogP contribution in [0.2, 0.25) is 0 Å². The molecule has 9 nitrogen and oxygen atoms in total. The summed E-state index contributed by atoms with van der Waals surface area (Å²) < 4.78 is 5.71. The van der Waals surface area contributed by atoms with Gasteiger partial charge in [-0.1, -0.05) is 29.5 Å². The second-order valence-corrected chi connectivity index (χ2v) is 12.2. The molecule has 3 heterocycles. The van der Waals surface area contributed by atoms with Crippen LogP contribution in [0.4, 0.5) is 11.4 Å². The molecule has 2 bridgehead atoms. The Morgan fingerprint density at radius 3 is 2.43 bits per heavy atom. The van der Waals surface area contributed by atoms with Crippen LogP contribution in [0, 0.1) is 39.7 Å². The second kappa shape index (κ2) is 8.03. The molecule has 7 atom stereocenters.